The number of carbonyl (C=O) groups excluding carboxylic acids is 1. The lowest BCUT2D eigenvalue weighted by Crippen LogP contribution is -2.38. The first kappa shape index (κ1) is 16.0. The highest BCUT2D eigenvalue weighted by molar-refractivity contribution is 5.80. The highest BCUT2D eigenvalue weighted by atomic mass is 16.5. The van der Waals surface area contributed by atoms with Crippen LogP contribution in [-0.4, -0.2) is 48.2 Å². The molecule has 1 amide bonds. The van der Waals surface area contributed by atoms with E-state index in [1.54, 1.807) is 6.20 Å². The van der Waals surface area contributed by atoms with Crippen LogP contribution in [0.15, 0.2) is 24.4 Å². The highest BCUT2D eigenvalue weighted by Crippen LogP contribution is 2.37. The van der Waals surface area contributed by atoms with Gasteiger partial charge < -0.3 is 14.4 Å². The van der Waals surface area contributed by atoms with Gasteiger partial charge in [0.25, 0.3) is 0 Å². The van der Waals surface area contributed by atoms with Crippen LogP contribution in [0.2, 0.25) is 0 Å². The summed E-state index contributed by atoms with van der Waals surface area (Å²) in [5, 5.41) is 0. The second-order valence-electron chi connectivity index (χ2n) is 7.33. The Hall–Kier alpha value is -1.46. The number of rotatable bonds is 6. The van der Waals surface area contributed by atoms with Gasteiger partial charge in [-0.15, -0.1) is 0 Å². The predicted octanol–water partition coefficient (Wildman–Crippen LogP) is 2.26. The lowest BCUT2D eigenvalue weighted by Gasteiger charge is -2.29. The Kier molecular flexibility index (Phi) is 4.81. The van der Waals surface area contributed by atoms with E-state index in [1.807, 2.05) is 18.2 Å². The average molecular weight is 330 g/mol. The molecule has 1 saturated carbocycles. The smallest absolute Gasteiger partial charge is 0.225 e. The number of pyridine rings is 1. The molecule has 0 aromatic carbocycles. The standard InChI is InChI=1S/C19H26N2O3/c22-19(14-4-3-5-14)21-10-17-15(12-24-18(17)11-21)7-9-23-13-16-6-1-2-8-20-16/h1-2,6,8,14-15,17-18H,3-5,7,9-13H2/t15-,17-,18-/m0/s1. The molecular formula is C19H26N2O3. The third-order valence-electron chi connectivity index (χ3n) is 5.81. The molecule has 3 aliphatic rings. The molecule has 4 rings (SSSR count). The van der Waals surface area contributed by atoms with E-state index < -0.39 is 0 Å². The number of fused-ring (bicyclic) bond motifs is 1. The second-order valence-corrected chi connectivity index (χ2v) is 7.33. The summed E-state index contributed by atoms with van der Waals surface area (Å²) in [7, 11) is 0. The first-order valence-electron chi connectivity index (χ1n) is 9.19. The molecule has 5 nitrogen and oxygen atoms in total. The van der Waals surface area contributed by atoms with Crippen molar-refractivity contribution >= 4 is 5.91 Å². The van der Waals surface area contributed by atoms with Crippen molar-refractivity contribution in [2.24, 2.45) is 17.8 Å². The van der Waals surface area contributed by atoms with Gasteiger partial charge in [-0.2, -0.15) is 0 Å². The van der Waals surface area contributed by atoms with Gasteiger partial charge in [0.05, 0.1) is 25.0 Å². The maximum absolute atomic E-state index is 12.4. The van der Waals surface area contributed by atoms with E-state index in [4.69, 9.17) is 9.47 Å². The van der Waals surface area contributed by atoms with Crippen molar-refractivity contribution in [1.82, 2.24) is 9.88 Å². The zero-order valence-corrected chi connectivity index (χ0v) is 14.1. The fraction of sp³-hybridized carbons (Fsp3) is 0.684. The summed E-state index contributed by atoms with van der Waals surface area (Å²) in [6, 6.07) is 5.87. The van der Waals surface area contributed by atoms with Crippen molar-refractivity contribution in [3.8, 4) is 0 Å². The van der Waals surface area contributed by atoms with E-state index in [0.29, 0.717) is 30.3 Å². The van der Waals surface area contributed by atoms with E-state index in [0.717, 1.165) is 51.3 Å². The van der Waals surface area contributed by atoms with E-state index >= 15 is 0 Å². The topological polar surface area (TPSA) is 51.7 Å². The number of hydrogen-bond acceptors (Lipinski definition) is 4. The minimum absolute atomic E-state index is 0.245. The van der Waals surface area contributed by atoms with Crippen molar-refractivity contribution < 1.29 is 14.3 Å². The van der Waals surface area contributed by atoms with Crippen LogP contribution in [-0.2, 0) is 20.9 Å². The van der Waals surface area contributed by atoms with Crippen molar-refractivity contribution in [3.05, 3.63) is 30.1 Å². The number of ether oxygens (including phenoxy) is 2. The molecule has 2 saturated heterocycles. The van der Waals surface area contributed by atoms with Crippen molar-refractivity contribution in [2.45, 2.75) is 38.4 Å². The molecule has 0 N–H and O–H groups in total. The summed E-state index contributed by atoms with van der Waals surface area (Å²) >= 11 is 0. The number of hydrogen-bond donors (Lipinski definition) is 0. The summed E-state index contributed by atoms with van der Waals surface area (Å²) in [4.78, 5) is 18.7. The second kappa shape index (κ2) is 7.19. The average Bonchev–Trinajstić information content (AvgIpc) is 3.12. The van der Waals surface area contributed by atoms with Crippen LogP contribution in [0.1, 0.15) is 31.4 Å². The summed E-state index contributed by atoms with van der Waals surface area (Å²) in [5.41, 5.74) is 0.969. The summed E-state index contributed by atoms with van der Waals surface area (Å²) < 4.78 is 11.7. The van der Waals surface area contributed by atoms with Gasteiger partial charge in [0.1, 0.15) is 0 Å². The molecule has 1 aromatic heterocycles. The van der Waals surface area contributed by atoms with Crippen LogP contribution in [0.3, 0.4) is 0 Å². The van der Waals surface area contributed by atoms with Gasteiger partial charge in [-0.05, 0) is 37.3 Å². The fourth-order valence-corrected chi connectivity index (χ4v) is 4.08. The Labute approximate surface area is 143 Å². The molecule has 5 heteroatoms. The van der Waals surface area contributed by atoms with Gasteiger partial charge in [0.2, 0.25) is 5.91 Å². The Morgan fingerprint density at radius 2 is 2.25 bits per heavy atom. The van der Waals surface area contributed by atoms with E-state index in [-0.39, 0.29) is 6.10 Å². The first-order chi connectivity index (χ1) is 11.8. The molecule has 0 spiro atoms. The molecule has 1 aromatic rings. The molecular weight excluding hydrogens is 304 g/mol. The number of carbonyl (C=O) groups is 1. The molecule has 0 bridgehead atoms. The Balaban J connectivity index is 1.22. The molecule has 0 unspecified atom stereocenters. The molecule has 3 fully saturated rings. The predicted molar refractivity (Wildman–Crippen MR) is 89.2 cm³/mol. The van der Waals surface area contributed by atoms with Crippen molar-refractivity contribution in [1.29, 1.82) is 0 Å². The number of amides is 1. The van der Waals surface area contributed by atoms with Crippen LogP contribution >= 0.6 is 0 Å². The first-order valence-corrected chi connectivity index (χ1v) is 9.19. The normalized spacial score (nSPS) is 29.5. The maximum Gasteiger partial charge on any atom is 0.225 e. The highest BCUT2D eigenvalue weighted by Gasteiger charge is 2.46. The van der Waals surface area contributed by atoms with Crippen LogP contribution < -0.4 is 0 Å². The maximum atomic E-state index is 12.4. The van der Waals surface area contributed by atoms with Gasteiger partial charge in [0.15, 0.2) is 0 Å². The quantitative estimate of drug-likeness (QED) is 0.751. The lowest BCUT2D eigenvalue weighted by atomic mass is 9.84. The van der Waals surface area contributed by atoms with Gasteiger partial charge >= 0.3 is 0 Å². The van der Waals surface area contributed by atoms with Gasteiger partial charge in [-0.25, -0.2) is 0 Å². The van der Waals surface area contributed by atoms with Crippen LogP contribution in [0.5, 0.6) is 0 Å². The number of aromatic nitrogens is 1. The summed E-state index contributed by atoms with van der Waals surface area (Å²) in [6.07, 6.45) is 6.41. The molecule has 3 heterocycles. The SMILES string of the molecule is O=C(C1CCC1)N1C[C@H]2[C@@H](CCOCc3ccccn3)CO[C@H]2C1. The van der Waals surface area contributed by atoms with Crippen LogP contribution in [0, 0.1) is 17.8 Å². The third-order valence-corrected chi connectivity index (χ3v) is 5.81. The van der Waals surface area contributed by atoms with E-state index in [1.165, 1.54) is 6.42 Å². The lowest BCUT2D eigenvalue weighted by molar-refractivity contribution is -0.137. The van der Waals surface area contributed by atoms with Crippen molar-refractivity contribution in [3.63, 3.8) is 0 Å². The summed E-state index contributed by atoms with van der Waals surface area (Å²) in [5.74, 6) is 1.67. The van der Waals surface area contributed by atoms with E-state index in [2.05, 4.69) is 9.88 Å². The minimum atomic E-state index is 0.245. The zero-order chi connectivity index (χ0) is 16.4. The zero-order valence-electron chi connectivity index (χ0n) is 14.1. The molecule has 0 radical (unpaired) electrons. The van der Waals surface area contributed by atoms with Crippen LogP contribution in [0.25, 0.3) is 0 Å². The van der Waals surface area contributed by atoms with Gasteiger partial charge in [0, 0.05) is 37.7 Å². The Bertz CT molecular complexity index is 561. The molecule has 24 heavy (non-hydrogen) atoms. The molecule has 130 valence electrons. The summed E-state index contributed by atoms with van der Waals surface area (Å²) in [6.45, 7) is 3.78. The van der Waals surface area contributed by atoms with Crippen molar-refractivity contribution in [2.75, 3.05) is 26.3 Å². The van der Waals surface area contributed by atoms with E-state index in [9.17, 15) is 4.79 Å². The number of nitrogens with zero attached hydrogens (tertiary/aromatic N) is 2. The van der Waals surface area contributed by atoms with Gasteiger partial charge in [-0.3, -0.25) is 9.78 Å². The molecule has 2 aliphatic heterocycles. The third kappa shape index (κ3) is 3.33. The largest absolute Gasteiger partial charge is 0.376 e. The number of likely N-dealkylation sites (tertiary alicyclic amines) is 1. The van der Waals surface area contributed by atoms with Crippen LogP contribution in [0.4, 0.5) is 0 Å². The molecule has 1 aliphatic carbocycles. The monoisotopic (exact) mass is 330 g/mol. The van der Waals surface area contributed by atoms with Gasteiger partial charge in [-0.1, -0.05) is 12.5 Å². The minimum Gasteiger partial charge on any atom is -0.376 e. The Morgan fingerprint density at radius 1 is 1.33 bits per heavy atom. The molecule has 3 atom stereocenters. The Morgan fingerprint density at radius 3 is 3.00 bits per heavy atom. The fourth-order valence-electron chi connectivity index (χ4n) is 4.08.